The Morgan fingerprint density at radius 2 is 1.90 bits per heavy atom. The number of amides is 1. The molecule has 4 heteroatoms. The van der Waals surface area contributed by atoms with Crippen molar-refractivity contribution >= 4 is 34.5 Å². The third-order valence-corrected chi connectivity index (χ3v) is 3.71. The molecule has 3 nitrogen and oxygen atoms in total. The van der Waals surface area contributed by atoms with Gasteiger partial charge in [0.2, 0.25) is 0 Å². The van der Waals surface area contributed by atoms with Crippen molar-refractivity contribution < 1.29 is 9.53 Å². The van der Waals surface area contributed by atoms with Crippen LogP contribution in [0.2, 0.25) is 0 Å². The number of benzene rings is 2. The van der Waals surface area contributed by atoms with Crippen molar-refractivity contribution in [2.45, 2.75) is 13.3 Å². The molecule has 0 spiro atoms. The molecule has 0 heterocycles. The summed E-state index contributed by atoms with van der Waals surface area (Å²) in [4.78, 5) is 12.3. The van der Waals surface area contributed by atoms with E-state index in [1.54, 1.807) is 3.11 Å². The monoisotopic (exact) mass is 381 g/mol. The van der Waals surface area contributed by atoms with Crippen molar-refractivity contribution in [1.29, 1.82) is 0 Å². The number of anilines is 1. The summed E-state index contributed by atoms with van der Waals surface area (Å²) in [5, 5.41) is 0. The molecule has 0 fully saturated rings. The molecule has 0 unspecified atom stereocenters. The first-order valence-electron chi connectivity index (χ1n) is 6.50. The topological polar surface area (TPSA) is 29.5 Å². The van der Waals surface area contributed by atoms with E-state index >= 15 is 0 Å². The van der Waals surface area contributed by atoms with Gasteiger partial charge in [-0.3, -0.25) is 4.79 Å². The van der Waals surface area contributed by atoms with Crippen molar-refractivity contribution in [2.24, 2.45) is 0 Å². The zero-order valence-corrected chi connectivity index (χ0v) is 13.4. The fourth-order valence-corrected chi connectivity index (χ4v) is 2.31. The summed E-state index contributed by atoms with van der Waals surface area (Å²) in [6, 6.07) is 16.8. The highest BCUT2D eigenvalue weighted by molar-refractivity contribution is 14.1. The summed E-state index contributed by atoms with van der Waals surface area (Å²) in [6.45, 7) is 2.74. The molecular formula is C16H16INO2. The third-order valence-electron chi connectivity index (χ3n) is 2.72. The second-order valence-electron chi connectivity index (χ2n) is 4.30. The van der Waals surface area contributed by atoms with Gasteiger partial charge in [-0.25, -0.2) is 3.11 Å². The molecule has 1 amide bonds. The van der Waals surface area contributed by atoms with Gasteiger partial charge >= 0.3 is 0 Å². The highest BCUT2D eigenvalue weighted by Gasteiger charge is 2.15. The highest BCUT2D eigenvalue weighted by Crippen LogP contribution is 2.25. The first kappa shape index (κ1) is 14.8. The van der Waals surface area contributed by atoms with Crippen LogP contribution in [0.1, 0.15) is 23.7 Å². The standard InChI is InChI=1S/C16H16INO2/c1-2-11-20-15-10-6-9-14(12-15)18(17)16(19)13-7-4-3-5-8-13/h3-10,12H,2,11H2,1H3. The normalized spacial score (nSPS) is 10.1. The lowest BCUT2D eigenvalue weighted by molar-refractivity contribution is 0.101. The van der Waals surface area contributed by atoms with Crippen molar-refractivity contribution in [3.05, 3.63) is 60.2 Å². The summed E-state index contributed by atoms with van der Waals surface area (Å²) < 4.78 is 7.19. The Bertz CT molecular complexity index is 572. The number of carbonyl (C=O) groups is 1. The number of ether oxygens (including phenoxy) is 1. The maximum atomic E-state index is 12.3. The molecule has 2 rings (SSSR count). The van der Waals surface area contributed by atoms with Crippen molar-refractivity contribution in [2.75, 3.05) is 9.72 Å². The summed E-state index contributed by atoms with van der Waals surface area (Å²) in [5.41, 5.74) is 1.48. The highest BCUT2D eigenvalue weighted by atomic mass is 127. The Balaban J connectivity index is 2.16. The largest absolute Gasteiger partial charge is 0.494 e. The van der Waals surface area contributed by atoms with Gasteiger partial charge in [0, 0.05) is 11.6 Å². The van der Waals surface area contributed by atoms with Gasteiger partial charge in [-0.15, -0.1) is 0 Å². The van der Waals surface area contributed by atoms with Crippen LogP contribution in [0, 0.1) is 0 Å². The van der Waals surface area contributed by atoms with Crippen molar-refractivity contribution in [3.63, 3.8) is 0 Å². The van der Waals surface area contributed by atoms with Crippen LogP contribution in [0.5, 0.6) is 5.75 Å². The molecular weight excluding hydrogens is 365 g/mol. The van der Waals surface area contributed by atoms with E-state index < -0.39 is 0 Å². The Morgan fingerprint density at radius 1 is 1.15 bits per heavy atom. The van der Waals surface area contributed by atoms with E-state index in [9.17, 15) is 4.79 Å². The Morgan fingerprint density at radius 3 is 2.60 bits per heavy atom. The van der Waals surface area contributed by atoms with Crippen LogP contribution in [-0.4, -0.2) is 12.5 Å². The van der Waals surface area contributed by atoms with E-state index in [0.717, 1.165) is 17.9 Å². The maximum absolute atomic E-state index is 12.3. The van der Waals surface area contributed by atoms with E-state index in [1.807, 2.05) is 77.5 Å². The fourth-order valence-electron chi connectivity index (χ4n) is 1.73. The molecule has 0 aliphatic heterocycles. The summed E-state index contributed by atoms with van der Waals surface area (Å²) >= 11 is 2.02. The number of hydrogen-bond donors (Lipinski definition) is 0. The number of carbonyl (C=O) groups excluding carboxylic acids is 1. The quantitative estimate of drug-likeness (QED) is 0.565. The zero-order valence-electron chi connectivity index (χ0n) is 11.3. The smallest absolute Gasteiger partial charge is 0.267 e. The minimum atomic E-state index is -0.0427. The SMILES string of the molecule is CCCOc1cccc(N(I)C(=O)c2ccccc2)c1. The van der Waals surface area contributed by atoms with E-state index in [-0.39, 0.29) is 5.91 Å². The molecule has 0 N–H and O–H groups in total. The fraction of sp³-hybridized carbons (Fsp3) is 0.188. The molecule has 0 saturated carbocycles. The second kappa shape index (κ2) is 7.28. The predicted octanol–water partition coefficient (Wildman–Crippen LogP) is 4.47. The molecule has 0 aromatic heterocycles. The molecule has 0 radical (unpaired) electrons. The van der Waals surface area contributed by atoms with Crippen LogP contribution in [0.4, 0.5) is 5.69 Å². The van der Waals surface area contributed by atoms with Gasteiger partial charge in [0.25, 0.3) is 5.91 Å². The second-order valence-corrected chi connectivity index (χ2v) is 5.26. The molecule has 0 aliphatic rings. The number of rotatable bonds is 5. The summed E-state index contributed by atoms with van der Waals surface area (Å²) in [6.07, 6.45) is 0.959. The van der Waals surface area contributed by atoms with Gasteiger partial charge in [-0.05, 0) is 30.7 Å². The molecule has 0 atom stereocenters. The average molecular weight is 381 g/mol. The van der Waals surface area contributed by atoms with Gasteiger partial charge in [0.15, 0.2) is 0 Å². The summed E-state index contributed by atoms with van der Waals surface area (Å²) in [7, 11) is 0. The Hall–Kier alpha value is -1.56. The van der Waals surface area contributed by atoms with E-state index in [1.165, 1.54) is 0 Å². The maximum Gasteiger partial charge on any atom is 0.267 e. The lowest BCUT2D eigenvalue weighted by Crippen LogP contribution is -2.19. The number of nitrogens with zero attached hydrogens (tertiary/aromatic N) is 1. The van der Waals surface area contributed by atoms with Gasteiger partial charge in [0.05, 0.1) is 35.2 Å². The molecule has 2 aromatic carbocycles. The van der Waals surface area contributed by atoms with E-state index in [4.69, 9.17) is 4.74 Å². The van der Waals surface area contributed by atoms with E-state index in [0.29, 0.717) is 12.2 Å². The minimum absolute atomic E-state index is 0.0427. The van der Waals surface area contributed by atoms with Gasteiger partial charge in [0.1, 0.15) is 5.75 Å². The van der Waals surface area contributed by atoms with Gasteiger partial charge in [-0.2, -0.15) is 0 Å². The van der Waals surface area contributed by atoms with Crippen LogP contribution < -0.4 is 7.85 Å². The van der Waals surface area contributed by atoms with Gasteiger partial charge in [-0.1, -0.05) is 31.2 Å². The average Bonchev–Trinajstić information content (AvgIpc) is 2.52. The first-order valence-corrected chi connectivity index (χ1v) is 7.47. The molecule has 2 aromatic rings. The van der Waals surface area contributed by atoms with Gasteiger partial charge < -0.3 is 4.74 Å². The van der Waals surface area contributed by atoms with Crippen molar-refractivity contribution in [1.82, 2.24) is 0 Å². The lowest BCUT2D eigenvalue weighted by atomic mass is 10.2. The predicted molar refractivity (Wildman–Crippen MR) is 89.5 cm³/mol. The molecule has 0 aliphatic carbocycles. The summed E-state index contributed by atoms with van der Waals surface area (Å²) in [5.74, 6) is 0.741. The number of hydrogen-bond acceptors (Lipinski definition) is 2. The third kappa shape index (κ3) is 3.72. The first-order chi connectivity index (χ1) is 9.72. The van der Waals surface area contributed by atoms with Crippen LogP contribution in [0.15, 0.2) is 54.6 Å². The zero-order chi connectivity index (χ0) is 14.4. The molecule has 20 heavy (non-hydrogen) atoms. The number of halogens is 1. The van der Waals surface area contributed by atoms with Crippen LogP contribution in [-0.2, 0) is 0 Å². The molecule has 0 saturated heterocycles. The van der Waals surface area contributed by atoms with Crippen LogP contribution in [0.3, 0.4) is 0 Å². The van der Waals surface area contributed by atoms with Crippen LogP contribution >= 0.6 is 22.9 Å². The van der Waals surface area contributed by atoms with Crippen molar-refractivity contribution in [3.8, 4) is 5.75 Å². The Labute approximate surface area is 133 Å². The van der Waals surface area contributed by atoms with E-state index in [2.05, 4.69) is 6.92 Å². The Kier molecular flexibility index (Phi) is 5.40. The molecule has 0 bridgehead atoms. The molecule has 104 valence electrons. The minimum Gasteiger partial charge on any atom is -0.494 e. The lowest BCUT2D eigenvalue weighted by Gasteiger charge is -2.16. The van der Waals surface area contributed by atoms with Crippen LogP contribution in [0.25, 0.3) is 0 Å².